The molecule has 0 aliphatic rings. The molecule has 2 atom stereocenters. The monoisotopic (exact) mass is 286 g/mol. The van der Waals surface area contributed by atoms with Gasteiger partial charge in [0.2, 0.25) is 0 Å². The summed E-state index contributed by atoms with van der Waals surface area (Å²) in [5, 5.41) is 0. The molecule has 20 heavy (non-hydrogen) atoms. The maximum Gasteiger partial charge on any atom is 0.325 e. The molecule has 0 aliphatic carbocycles. The quantitative estimate of drug-likeness (QED) is 0.495. The zero-order chi connectivity index (χ0) is 15.8. The fourth-order valence-corrected chi connectivity index (χ4v) is 2.33. The van der Waals surface area contributed by atoms with Crippen molar-refractivity contribution < 1.29 is 9.53 Å². The fraction of sp³-hybridized carbons (Fsp3) is 0.938. The van der Waals surface area contributed by atoms with Gasteiger partial charge in [0, 0.05) is 6.04 Å². The van der Waals surface area contributed by atoms with Gasteiger partial charge in [-0.3, -0.25) is 4.79 Å². The lowest BCUT2D eigenvalue weighted by Gasteiger charge is -2.27. The van der Waals surface area contributed by atoms with E-state index in [9.17, 15) is 4.79 Å². The molecular formula is C16H34N2O2. The van der Waals surface area contributed by atoms with Gasteiger partial charge in [-0.1, -0.05) is 13.8 Å². The maximum atomic E-state index is 11.7. The molecule has 0 bridgehead atoms. The van der Waals surface area contributed by atoms with Crippen molar-refractivity contribution in [2.45, 2.75) is 71.9 Å². The van der Waals surface area contributed by atoms with Gasteiger partial charge in [-0.2, -0.15) is 0 Å². The Kier molecular flexibility index (Phi) is 9.06. The van der Waals surface area contributed by atoms with Crippen LogP contribution >= 0.6 is 0 Å². The van der Waals surface area contributed by atoms with Crippen LogP contribution < -0.4 is 5.73 Å². The molecule has 4 heteroatoms. The number of carbonyl (C=O) groups is 1. The summed E-state index contributed by atoms with van der Waals surface area (Å²) in [6.07, 6.45) is 3.90. The first-order chi connectivity index (χ1) is 9.20. The van der Waals surface area contributed by atoms with E-state index in [1.807, 2.05) is 0 Å². The van der Waals surface area contributed by atoms with E-state index in [0.29, 0.717) is 19.1 Å². The van der Waals surface area contributed by atoms with Crippen molar-refractivity contribution in [2.24, 2.45) is 11.7 Å². The minimum atomic E-state index is -0.849. The summed E-state index contributed by atoms with van der Waals surface area (Å²) in [4.78, 5) is 14.1. The minimum absolute atomic E-state index is 0.290. The fourth-order valence-electron chi connectivity index (χ4n) is 2.33. The number of ether oxygens (including phenoxy) is 1. The van der Waals surface area contributed by atoms with E-state index in [-0.39, 0.29) is 5.97 Å². The van der Waals surface area contributed by atoms with Gasteiger partial charge in [0.05, 0.1) is 6.61 Å². The SMILES string of the molecule is CCOC(=O)C(C)(N)CCCCN(C)C(C)CC(C)C. The standard InChI is InChI=1S/C16H34N2O2/c1-7-20-15(19)16(5,17)10-8-9-11-18(6)14(4)12-13(2)3/h13-14H,7-12,17H2,1-6H3. The van der Waals surface area contributed by atoms with Crippen LogP contribution in [0.3, 0.4) is 0 Å². The molecule has 0 aromatic rings. The third-order valence-corrected chi connectivity index (χ3v) is 3.76. The highest BCUT2D eigenvalue weighted by Crippen LogP contribution is 2.15. The number of nitrogens with two attached hydrogens (primary N) is 1. The van der Waals surface area contributed by atoms with Crippen LogP contribution in [0.4, 0.5) is 0 Å². The lowest BCUT2D eigenvalue weighted by molar-refractivity contribution is -0.149. The second-order valence-corrected chi connectivity index (χ2v) is 6.55. The topological polar surface area (TPSA) is 55.6 Å². The Hall–Kier alpha value is -0.610. The van der Waals surface area contributed by atoms with Crippen LogP contribution in [0.5, 0.6) is 0 Å². The highest BCUT2D eigenvalue weighted by atomic mass is 16.5. The molecule has 0 aromatic carbocycles. The first-order valence-corrected chi connectivity index (χ1v) is 7.87. The van der Waals surface area contributed by atoms with Crippen molar-refractivity contribution >= 4 is 5.97 Å². The molecule has 0 radical (unpaired) electrons. The zero-order valence-electron chi connectivity index (χ0n) is 14.2. The van der Waals surface area contributed by atoms with Gasteiger partial charge in [-0.25, -0.2) is 0 Å². The molecule has 0 aromatic heterocycles. The van der Waals surface area contributed by atoms with Crippen molar-refractivity contribution in [1.82, 2.24) is 4.90 Å². The molecule has 120 valence electrons. The molecule has 0 amide bonds. The van der Waals surface area contributed by atoms with Gasteiger partial charge in [0.1, 0.15) is 5.54 Å². The van der Waals surface area contributed by atoms with E-state index in [2.05, 4.69) is 32.7 Å². The van der Waals surface area contributed by atoms with Crippen molar-refractivity contribution in [3.8, 4) is 0 Å². The van der Waals surface area contributed by atoms with Crippen LogP contribution in [0.25, 0.3) is 0 Å². The van der Waals surface area contributed by atoms with E-state index < -0.39 is 5.54 Å². The van der Waals surface area contributed by atoms with Gasteiger partial charge >= 0.3 is 5.97 Å². The lowest BCUT2D eigenvalue weighted by atomic mass is 9.96. The molecule has 2 unspecified atom stereocenters. The minimum Gasteiger partial charge on any atom is -0.465 e. The highest BCUT2D eigenvalue weighted by molar-refractivity contribution is 5.79. The van der Waals surface area contributed by atoms with Crippen molar-refractivity contribution in [1.29, 1.82) is 0 Å². The molecule has 0 saturated carbocycles. The molecule has 0 spiro atoms. The van der Waals surface area contributed by atoms with Crippen LogP contribution in [0.2, 0.25) is 0 Å². The number of esters is 1. The highest BCUT2D eigenvalue weighted by Gasteiger charge is 2.29. The Balaban J connectivity index is 3.93. The van der Waals surface area contributed by atoms with E-state index in [0.717, 1.165) is 25.3 Å². The number of unbranched alkanes of at least 4 members (excludes halogenated alkanes) is 1. The van der Waals surface area contributed by atoms with Gasteiger partial charge in [-0.05, 0) is 66.0 Å². The van der Waals surface area contributed by atoms with Gasteiger partial charge in [0.25, 0.3) is 0 Å². The van der Waals surface area contributed by atoms with Crippen LogP contribution in [-0.4, -0.2) is 42.6 Å². The summed E-state index contributed by atoms with van der Waals surface area (Å²) < 4.78 is 4.99. The van der Waals surface area contributed by atoms with Crippen molar-refractivity contribution in [3.63, 3.8) is 0 Å². The third kappa shape index (κ3) is 7.85. The first kappa shape index (κ1) is 19.4. The van der Waals surface area contributed by atoms with Crippen LogP contribution in [0, 0.1) is 5.92 Å². The molecule has 2 N–H and O–H groups in total. The summed E-state index contributed by atoms with van der Waals surface area (Å²) in [7, 11) is 2.17. The van der Waals surface area contributed by atoms with E-state index in [4.69, 9.17) is 10.5 Å². The second kappa shape index (κ2) is 9.35. The van der Waals surface area contributed by atoms with Crippen LogP contribution in [-0.2, 0) is 9.53 Å². The summed E-state index contributed by atoms with van der Waals surface area (Å²) in [6, 6.07) is 0.601. The molecule has 0 rings (SSSR count). The average molecular weight is 286 g/mol. The predicted octanol–water partition coefficient (Wildman–Crippen LogP) is 2.80. The molecule has 0 fully saturated rings. The Morgan fingerprint density at radius 1 is 1.30 bits per heavy atom. The Bertz CT molecular complexity index is 278. The predicted molar refractivity (Wildman–Crippen MR) is 84.6 cm³/mol. The van der Waals surface area contributed by atoms with Gasteiger partial charge in [-0.15, -0.1) is 0 Å². The first-order valence-electron chi connectivity index (χ1n) is 7.87. The Morgan fingerprint density at radius 3 is 2.40 bits per heavy atom. The van der Waals surface area contributed by atoms with Gasteiger partial charge in [0.15, 0.2) is 0 Å². The largest absolute Gasteiger partial charge is 0.465 e. The average Bonchev–Trinajstić information content (AvgIpc) is 2.33. The smallest absolute Gasteiger partial charge is 0.325 e. The summed E-state index contributed by atoms with van der Waals surface area (Å²) in [6.45, 7) is 11.8. The summed E-state index contributed by atoms with van der Waals surface area (Å²) in [5.74, 6) is 0.435. The second-order valence-electron chi connectivity index (χ2n) is 6.55. The molecule has 0 heterocycles. The van der Waals surface area contributed by atoms with E-state index >= 15 is 0 Å². The van der Waals surface area contributed by atoms with Gasteiger partial charge < -0.3 is 15.4 Å². The summed E-state index contributed by atoms with van der Waals surface area (Å²) >= 11 is 0. The maximum absolute atomic E-state index is 11.7. The summed E-state index contributed by atoms with van der Waals surface area (Å²) in [5.41, 5.74) is 5.15. The van der Waals surface area contributed by atoms with Crippen LogP contribution in [0.1, 0.15) is 60.3 Å². The van der Waals surface area contributed by atoms with E-state index in [1.165, 1.54) is 6.42 Å². The van der Waals surface area contributed by atoms with Crippen LogP contribution in [0.15, 0.2) is 0 Å². The number of hydrogen-bond donors (Lipinski definition) is 1. The number of rotatable bonds is 10. The number of carbonyl (C=O) groups excluding carboxylic acids is 1. The van der Waals surface area contributed by atoms with E-state index in [1.54, 1.807) is 13.8 Å². The molecule has 0 saturated heterocycles. The Morgan fingerprint density at radius 2 is 1.90 bits per heavy atom. The number of hydrogen-bond acceptors (Lipinski definition) is 4. The van der Waals surface area contributed by atoms with Crippen molar-refractivity contribution in [3.05, 3.63) is 0 Å². The Labute approximate surface area is 125 Å². The number of nitrogens with zero attached hydrogens (tertiary/aromatic N) is 1. The molecule has 0 aliphatic heterocycles. The normalized spacial score (nSPS) is 16.2. The third-order valence-electron chi connectivity index (χ3n) is 3.76. The molecular weight excluding hydrogens is 252 g/mol. The van der Waals surface area contributed by atoms with Crippen molar-refractivity contribution in [2.75, 3.05) is 20.2 Å². The molecule has 4 nitrogen and oxygen atoms in total. The zero-order valence-corrected chi connectivity index (χ0v) is 14.2. The lowest BCUT2D eigenvalue weighted by Crippen LogP contribution is -2.46.